The van der Waals surface area contributed by atoms with Crippen LogP contribution in [0.4, 0.5) is 0 Å². The van der Waals surface area contributed by atoms with E-state index in [0.29, 0.717) is 6.04 Å². The normalized spacial score (nSPS) is 13.5. The third kappa shape index (κ3) is 2.96. The Morgan fingerprint density at radius 1 is 1.05 bits per heavy atom. The molecule has 1 aromatic heterocycles. The summed E-state index contributed by atoms with van der Waals surface area (Å²) in [5, 5.41) is 2.10. The zero-order valence-corrected chi connectivity index (χ0v) is 13.3. The van der Waals surface area contributed by atoms with Crippen LogP contribution in [0.2, 0.25) is 0 Å². The molecular formula is C20H21NO. The molecule has 0 fully saturated rings. The fraction of sp³-hybridized carbons (Fsp3) is 0.250. The highest BCUT2D eigenvalue weighted by molar-refractivity contribution is 5.79. The van der Waals surface area contributed by atoms with Gasteiger partial charge in [0.2, 0.25) is 0 Å². The number of fused-ring (bicyclic) bond motifs is 1. The molecule has 0 spiro atoms. The van der Waals surface area contributed by atoms with E-state index in [1.807, 2.05) is 24.3 Å². The molecule has 0 aliphatic carbocycles. The third-order valence-corrected chi connectivity index (χ3v) is 3.91. The quantitative estimate of drug-likeness (QED) is 0.658. The SMILES string of the molecule is CC[C@@H](C)N=c1cc(-c2ccccc2)oc2ccc(C)cc12. The van der Waals surface area contributed by atoms with Crippen LogP contribution in [-0.2, 0) is 0 Å². The first-order valence-corrected chi connectivity index (χ1v) is 7.81. The highest BCUT2D eigenvalue weighted by Gasteiger charge is 2.06. The lowest BCUT2D eigenvalue weighted by Crippen LogP contribution is -2.09. The fourth-order valence-electron chi connectivity index (χ4n) is 2.46. The maximum Gasteiger partial charge on any atom is 0.136 e. The van der Waals surface area contributed by atoms with Crippen LogP contribution in [0.25, 0.3) is 22.3 Å². The Kier molecular flexibility index (Phi) is 4.10. The second-order valence-corrected chi connectivity index (χ2v) is 5.75. The molecule has 0 bridgehead atoms. The van der Waals surface area contributed by atoms with Crippen LogP contribution in [0.1, 0.15) is 25.8 Å². The highest BCUT2D eigenvalue weighted by Crippen LogP contribution is 2.22. The van der Waals surface area contributed by atoms with Gasteiger partial charge in [0, 0.05) is 23.1 Å². The van der Waals surface area contributed by atoms with Crippen LogP contribution in [0.15, 0.2) is 64.0 Å². The summed E-state index contributed by atoms with van der Waals surface area (Å²) < 4.78 is 6.10. The molecule has 3 rings (SSSR count). The van der Waals surface area contributed by atoms with E-state index in [4.69, 9.17) is 9.41 Å². The molecule has 112 valence electrons. The minimum atomic E-state index is 0.301. The molecule has 0 amide bonds. The van der Waals surface area contributed by atoms with Crippen molar-refractivity contribution in [2.45, 2.75) is 33.2 Å². The first-order chi connectivity index (χ1) is 10.7. The van der Waals surface area contributed by atoms with E-state index in [0.717, 1.165) is 34.1 Å². The number of aryl methyl sites for hydroxylation is 1. The topological polar surface area (TPSA) is 25.5 Å². The number of nitrogens with zero attached hydrogens (tertiary/aromatic N) is 1. The number of hydrogen-bond donors (Lipinski definition) is 0. The van der Waals surface area contributed by atoms with Crippen LogP contribution in [0.3, 0.4) is 0 Å². The molecule has 22 heavy (non-hydrogen) atoms. The molecule has 0 saturated heterocycles. The summed E-state index contributed by atoms with van der Waals surface area (Å²) in [4.78, 5) is 4.87. The monoisotopic (exact) mass is 291 g/mol. The first kappa shape index (κ1) is 14.6. The second kappa shape index (κ2) is 6.18. The van der Waals surface area contributed by atoms with E-state index in [2.05, 4.69) is 51.1 Å². The van der Waals surface area contributed by atoms with Gasteiger partial charge in [-0.3, -0.25) is 4.99 Å². The van der Waals surface area contributed by atoms with E-state index in [9.17, 15) is 0 Å². The Bertz CT molecular complexity index is 846. The first-order valence-electron chi connectivity index (χ1n) is 7.81. The van der Waals surface area contributed by atoms with Crippen molar-refractivity contribution < 1.29 is 4.42 Å². The molecule has 0 radical (unpaired) electrons. The van der Waals surface area contributed by atoms with Gasteiger partial charge in [-0.15, -0.1) is 0 Å². The van der Waals surface area contributed by atoms with Gasteiger partial charge in [0.1, 0.15) is 11.3 Å². The summed E-state index contributed by atoms with van der Waals surface area (Å²) in [5.74, 6) is 0.860. The molecule has 0 saturated carbocycles. The van der Waals surface area contributed by atoms with Gasteiger partial charge in [0.15, 0.2) is 0 Å². The summed E-state index contributed by atoms with van der Waals surface area (Å²) in [6.07, 6.45) is 1.03. The van der Waals surface area contributed by atoms with E-state index < -0.39 is 0 Å². The maximum atomic E-state index is 6.10. The Hall–Kier alpha value is -2.35. The Labute approximate surface area is 131 Å². The molecule has 0 unspecified atom stereocenters. The van der Waals surface area contributed by atoms with Gasteiger partial charge < -0.3 is 4.42 Å². The molecule has 1 atom stereocenters. The van der Waals surface area contributed by atoms with Gasteiger partial charge >= 0.3 is 0 Å². The molecule has 0 aliphatic heterocycles. The summed E-state index contributed by atoms with van der Waals surface area (Å²) in [6.45, 7) is 6.40. The summed E-state index contributed by atoms with van der Waals surface area (Å²) in [6, 6.07) is 18.8. The average Bonchev–Trinajstić information content (AvgIpc) is 2.55. The minimum absolute atomic E-state index is 0.301. The standard InChI is InChI=1S/C20H21NO/c1-4-15(3)21-18-13-20(16-8-6-5-7-9-16)22-19-11-10-14(2)12-17(18)19/h5-13,15H,4H2,1-3H3/t15-/m1/s1. The van der Waals surface area contributed by atoms with Crippen molar-refractivity contribution in [2.75, 3.05) is 0 Å². The van der Waals surface area contributed by atoms with Crippen molar-refractivity contribution in [1.29, 1.82) is 0 Å². The summed E-state index contributed by atoms with van der Waals surface area (Å²) in [5.41, 5.74) is 3.18. The summed E-state index contributed by atoms with van der Waals surface area (Å²) >= 11 is 0. The van der Waals surface area contributed by atoms with Gasteiger partial charge in [-0.25, -0.2) is 0 Å². The maximum absolute atomic E-state index is 6.10. The van der Waals surface area contributed by atoms with Crippen LogP contribution in [0.5, 0.6) is 0 Å². The van der Waals surface area contributed by atoms with Gasteiger partial charge in [-0.05, 0) is 32.4 Å². The molecular weight excluding hydrogens is 270 g/mol. The largest absolute Gasteiger partial charge is 0.456 e. The number of rotatable bonds is 3. The van der Waals surface area contributed by atoms with Gasteiger partial charge in [0.05, 0.1) is 5.36 Å². The molecule has 2 aromatic carbocycles. The van der Waals surface area contributed by atoms with Crippen molar-refractivity contribution in [2.24, 2.45) is 4.99 Å². The number of hydrogen-bond acceptors (Lipinski definition) is 2. The Morgan fingerprint density at radius 3 is 2.55 bits per heavy atom. The lowest BCUT2D eigenvalue weighted by atomic mass is 10.1. The van der Waals surface area contributed by atoms with E-state index in [-0.39, 0.29) is 0 Å². The Balaban J connectivity index is 2.30. The lowest BCUT2D eigenvalue weighted by Gasteiger charge is -2.07. The van der Waals surface area contributed by atoms with Crippen LogP contribution in [-0.4, -0.2) is 6.04 Å². The van der Waals surface area contributed by atoms with Crippen molar-refractivity contribution in [1.82, 2.24) is 0 Å². The Morgan fingerprint density at radius 2 is 1.82 bits per heavy atom. The molecule has 0 aliphatic rings. The van der Waals surface area contributed by atoms with Crippen LogP contribution >= 0.6 is 0 Å². The van der Waals surface area contributed by atoms with Crippen LogP contribution < -0.4 is 5.36 Å². The van der Waals surface area contributed by atoms with E-state index >= 15 is 0 Å². The van der Waals surface area contributed by atoms with Gasteiger partial charge in [-0.2, -0.15) is 0 Å². The van der Waals surface area contributed by atoms with Crippen LogP contribution in [0, 0.1) is 6.92 Å². The van der Waals surface area contributed by atoms with Gasteiger partial charge in [-0.1, -0.05) is 48.9 Å². The van der Waals surface area contributed by atoms with Crippen molar-refractivity contribution >= 4 is 11.0 Å². The summed E-state index contributed by atoms with van der Waals surface area (Å²) in [7, 11) is 0. The molecule has 3 aromatic rings. The molecule has 1 heterocycles. The number of benzene rings is 2. The van der Waals surface area contributed by atoms with Crippen molar-refractivity contribution in [3.8, 4) is 11.3 Å². The third-order valence-electron chi connectivity index (χ3n) is 3.91. The average molecular weight is 291 g/mol. The molecule has 2 nitrogen and oxygen atoms in total. The van der Waals surface area contributed by atoms with Crippen molar-refractivity contribution in [3.05, 3.63) is 65.5 Å². The lowest BCUT2D eigenvalue weighted by molar-refractivity contribution is 0.616. The fourth-order valence-corrected chi connectivity index (χ4v) is 2.46. The zero-order chi connectivity index (χ0) is 15.5. The predicted octanol–water partition coefficient (Wildman–Crippen LogP) is 5.11. The van der Waals surface area contributed by atoms with E-state index in [1.165, 1.54) is 5.56 Å². The molecule has 0 N–H and O–H groups in total. The zero-order valence-electron chi connectivity index (χ0n) is 13.3. The molecule has 2 heteroatoms. The predicted molar refractivity (Wildman–Crippen MR) is 91.7 cm³/mol. The van der Waals surface area contributed by atoms with E-state index in [1.54, 1.807) is 0 Å². The van der Waals surface area contributed by atoms with Crippen molar-refractivity contribution in [3.63, 3.8) is 0 Å². The van der Waals surface area contributed by atoms with Gasteiger partial charge in [0.25, 0.3) is 0 Å². The highest BCUT2D eigenvalue weighted by atomic mass is 16.3. The minimum Gasteiger partial charge on any atom is -0.456 e. The smallest absolute Gasteiger partial charge is 0.136 e. The second-order valence-electron chi connectivity index (χ2n) is 5.75.